The SMILES string of the molecule is COc1ccc(C2CCCCCN2C(=O)CCNS(=O)(=O)c2ccc(C)c(C)c2)cc1. The Morgan fingerprint density at radius 1 is 1.06 bits per heavy atom. The van der Waals surface area contributed by atoms with Gasteiger partial charge in [0.15, 0.2) is 0 Å². The van der Waals surface area contributed by atoms with Gasteiger partial charge in [-0.25, -0.2) is 13.1 Å². The van der Waals surface area contributed by atoms with Crippen molar-refractivity contribution in [1.29, 1.82) is 0 Å². The number of aryl methyl sites for hydroxylation is 2. The molecule has 0 spiro atoms. The van der Waals surface area contributed by atoms with E-state index in [4.69, 9.17) is 4.74 Å². The van der Waals surface area contributed by atoms with Crippen LogP contribution in [0.5, 0.6) is 5.75 Å². The molecule has 1 heterocycles. The molecule has 168 valence electrons. The predicted molar refractivity (Wildman–Crippen MR) is 122 cm³/mol. The summed E-state index contributed by atoms with van der Waals surface area (Å²) >= 11 is 0. The Morgan fingerprint density at radius 3 is 2.48 bits per heavy atom. The van der Waals surface area contributed by atoms with Gasteiger partial charge in [0.05, 0.1) is 18.0 Å². The Kier molecular flexibility index (Phi) is 7.73. The van der Waals surface area contributed by atoms with E-state index in [9.17, 15) is 13.2 Å². The van der Waals surface area contributed by atoms with Crippen molar-refractivity contribution in [3.63, 3.8) is 0 Å². The summed E-state index contributed by atoms with van der Waals surface area (Å²) in [4.78, 5) is 15.2. The second-order valence-corrected chi connectivity index (χ2v) is 9.89. The number of hydrogen-bond acceptors (Lipinski definition) is 4. The second kappa shape index (κ2) is 10.3. The van der Waals surface area contributed by atoms with Crippen molar-refractivity contribution >= 4 is 15.9 Å². The molecule has 1 aliphatic rings. The zero-order valence-electron chi connectivity index (χ0n) is 18.6. The van der Waals surface area contributed by atoms with Crippen LogP contribution in [-0.4, -0.2) is 39.4 Å². The molecule has 0 radical (unpaired) electrons. The molecule has 0 aromatic heterocycles. The van der Waals surface area contributed by atoms with Crippen LogP contribution in [-0.2, 0) is 14.8 Å². The van der Waals surface area contributed by atoms with Gasteiger partial charge >= 0.3 is 0 Å². The molecule has 1 atom stereocenters. The maximum atomic E-state index is 13.0. The van der Waals surface area contributed by atoms with Gasteiger partial charge in [-0.2, -0.15) is 0 Å². The van der Waals surface area contributed by atoms with Crippen LogP contribution in [0.3, 0.4) is 0 Å². The molecule has 1 aliphatic heterocycles. The molecule has 0 aliphatic carbocycles. The minimum Gasteiger partial charge on any atom is -0.497 e. The third-order valence-electron chi connectivity index (χ3n) is 5.99. The van der Waals surface area contributed by atoms with E-state index in [2.05, 4.69) is 4.72 Å². The number of benzene rings is 2. The average Bonchev–Trinajstić information content (AvgIpc) is 3.01. The molecule has 0 saturated carbocycles. The monoisotopic (exact) mass is 444 g/mol. The number of hydrogen-bond donors (Lipinski definition) is 1. The molecule has 7 heteroatoms. The Morgan fingerprint density at radius 2 is 1.81 bits per heavy atom. The largest absolute Gasteiger partial charge is 0.497 e. The molecule has 2 aromatic rings. The van der Waals surface area contributed by atoms with Crippen molar-refractivity contribution in [3.05, 3.63) is 59.2 Å². The molecule has 31 heavy (non-hydrogen) atoms. The zero-order chi connectivity index (χ0) is 22.4. The molecule has 1 amide bonds. The van der Waals surface area contributed by atoms with Gasteiger partial charge in [0, 0.05) is 19.5 Å². The number of nitrogens with one attached hydrogen (secondary N) is 1. The highest BCUT2D eigenvalue weighted by atomic mass is 32.2. The number of ether oxygens (including phenoxy) is 1. The fourth-order valence-electron chi connectivity index (χ4n) is 3.98. The van der Waals surface area contributed by atoms with Gasteiger partial charge in [-0.3, -0.25) is 4.79 Å². The summed E-state index contributed by atoms with van der Waals surface area (Å²) in [5.41, 5.74) is 3.05. The molecule has 1 fully saturated rings. The van der Waals surface area contributed by atoms with Gasteiger partial charge < -0.3 is 9.64 Å². The van der Waals surface area contributed by atoms with Crippen molar-refractivity contribution in [3.8, 4) is 5.75 Å². The highest BCUT2D eigenvalue weighted by molar-refractivity contribution is 7.89. The molecule has 6 nitrogen and oxygen atoms in total. The third kappa shape index (κ3) is 5.86. The van der Waals surface area contributed by atoms with Crippen molar-refractivity contribution in [1.82, 2.24) is 9.62 Å². The Hall–Kier alpha value is -2.38. The van der Waals surface area contributed by atoms with E-state index in [1.54, 1.807) is 25.3 Å². The van der Waals surface area contributed by atoms with Crippen molar-refractivity contribution in [2.24, 2.45) is 0 Å². The number of sulfonamides is 1. The first-order chi connectivity index (χ1) is 14.8. The lowest BCUT2D eigenvalue weighted by atomic mass is 10.0. The number of likely N-dealkylation sites (tertiary alicyclic amines) is 1. The van der Waals surface area contributed by atoms with Crippen LogP contribution in [0.2, 0.25) is 0 Å². The van der Waals surface area contributed by atoms with Crippen molar-refractivity contribution < 1.29 is 17.9 Å². The van der Waals surface area contributed by atoms with Crippen LogP contribution in [0, 0.1) is 13.8 Å². The van der Waals surface area contributed by atoms with E-state index in [-0.39, 0.29) is 29.8 Å². The maximum absolute atomic E-state index is 13.0. The summed E-state index contributed by atoms with van der Waals surface area (Å²) < 4.78 is 33.0. The number of amides is 1. The normalized spacial score (nSPS) is 17.3. The van der Waals surface area contributed by atoms with E-state index in [0.717, 1.165) is 48.1 Å². The smallest absolute Gasteiger partial charge is 0.240 e. The maximum Gasteiger partial charge on any atom is 0.240 e. The Labute approximate surface area is 185 Å². The number of nitrogens with zero attached hydrogens (tertiary/aromatic N) is 1. The Balaban J connectivity index is 1.66. The molecule has 3 rings (SSSR count). The van der Waals surface area contributed by atoms with Crippen LogP contribution in [0.1, 0.15) is 54.8 Å². The summed E-state index contributed by atoms with van der Waals surface area (Å²) in [5, 5.41) is 0. The fraction of sp³-hybridized carbons (Fsp3) is 0.458. The van der Waals surface area contributed by atoms with Crippen LogP contribution in [0.15, 0.2) is 47.4 Å². The molecular weight excluding hydrogens is 412 g/mol. The summed E-state index contributed by atoms with van der Waals surface area (Å²) in [7, 11) is -2.01. The third-order valence-corrected chi connectivity index (χ3v) is 7.45. The van der Waals surface area contributed by atoms with Gasteiger partial charge in [0.2, 0.25) is 15.9 Å². The van der Waals surface area contributed by atoms with Crippen LogP contribution >= 0.6 is 0 Å². The van der Waals surface area contributed by atoms with Gasteiger partial charge in [-0.05, 0) is 67.6 Å². The summed E-state index contributed by atoms with van der Waals surface area (Å²) in [6.07, 6.45) is 4.17. The van der Waals surface area contributed by atoms with Gasteiger partial charge in [-0.1, -0.05) is 31.0 Å². The van der Waals surface area contributed by atoms with E-state index in [0.29, 0.717) is 6.54 Å². The second-order valence-electron chi connectivity index (χ2n) is 8.12. The van der Waals surface area contributed by atoms with Gasteiger partial charge in [-0.15, -0.1) is 0 Å². The van der Waals surface area contributed by atoms with E-state index in [1.165, 1.54) is 0 Å². The lowest BCUT2D eigenvalue weighted by molar-refractivity contribution is -0.133. The highest BCUT2D eigenvalue weighted by Gasteiger charge is 2.27. The quantitative estimate of drug-likeness (QED) is 0.697. The number of rotatable bonds is 7. The summed E-state index contributed by atoms with van der Waals surface area (Å²) in [6.45, 7) is 4.61. The first-order valence-electron chi connectivity index (χ1n) is 10.8. The van der Waals surface area contributed by atoms with Crippen molar-refractivity contribution in [2.75, 3.05) is 20.2 Å². The molecular formula is C24H32N2O4S. The molecule has 1 N–H and O–H groups in total. The van der Waals surface area contributed by atoms with Crippen molar-refractivity contribution in [2.45, 2.75) is 56.9 Å². The topological polar surface area (TPSA) is 75.7 Å². The number of carbonyl (C=O) groups excluding carboxylic acids is 1. The van der Waals surface area contributed by atoms with E-state index >= 15 is 0 Å². The molecule has 0 bridgehead atoms. The van der Waals surface area contributed by atoms with Crippen LogP contribution in [0.25, 0.3) is 0 Å². The standard InChI is InChI=1S/C24H32N2O4S/c1-18-8-13-22(17-19(18)2)31(28,29)25-15-14-24(27)26-16-6-4-5-7-23(26)20-9-11-21(30-3)12-10-20/h8-13,17,23,25H,4-7,14-16H2,1-3H3. The molecule has 2 aromatic carbocycles. The van der Waals surface area contributed by atoms with E-state index in [1.807, 2.05) is 43.0 Å². The Bertz CT molecular complexity index is 1000. The lowest BCUT2D eigenvalue weighted by Crippen LogP contribution is -2.37. The highest BCUT2D eigenvalue weighted by Crippen LogP contribution is 2.31. The predicted octanol–water partition coefficient (Wildman–Crippen LogP) is 4.12. The van der Waals surface area contributed by atoms with Gasteiger partial charge in [0.25, 0.3) is 0 Å². The minimum absolute atomic E-state index is 0.0114. The van der Waals surface area contributed by atoms with Gasteiger partial charge in [0.1, 0.15) is 5.75 Å². The summed E-state index contributed by atoms with van der Waals surface area (Å²) in [5.74, 6) is 0.765. The molecule has 1 unspecified atom stereocenters. The number of carbonyl (C=O) groups is 1. The summed E-state index contributed by atoms with van der Waals surface area (Å²) in [6, 6.07) is 12.9. The number of methoxy groups -OCH3 is 1. The minimum atomic E-state index is -3.64. The first kappa shape index (κ1) is 23.3. The van der Waals surface area contributed by atoms with Crippen LogP contribution < -0.4 is 9.46 Å². The average molecular weight is 445 g/mol. The first-order valence-corrected chi connectivity index (χ1v) is 12.3. The van der Waals surface area contributed by atoms with E-state index < -0.39 is 10.0 Å². The lowest BCUT2D eigenvalue weighted by Gasteiger charge is -2.31. The zero-order valence-corrected chi connectivity index (χ0v) is 19.4. The molecule has 1 saturated heterocycles. The van der Waals surface area contributed by atoms with Crippen LogP contribution in [0.4, 0.5) is 0 Å². The fourth-order valence-corrected chi connectivity index (χ4v) is 5.10.